The van der Waals surface area contributed by atoms with Crippen molar-refractivity contribution in [1.82, 2.24) is 0 Å². The third kappa shape index (κ3) is 3.51. The van der Waals surface area contributed by atoms with Crippen LogP contribution in [-0.2, 0) is 0 Å². The van der Waals surface area contributed by atoms with Crippen molar-refractivity contribution in [2.75, 3.05) is 6.61 Å². The van der Waals surface area contributed by atoms with Gasteiger partial charge in [0.1, 0.15) is 5.75 Å². The van der Waals surface area contributed by atoms with Crippen LogP contribution in [0, 0.1) is 13.8 Å². The minimum Gasteiger partial charge on any atom is -0.493 e. The summed E-state index contributed by atoms with van der Waals surface area (Å²) in [5.41, 5.74) is 7.99. The van der Waals surface area contributed by atoms with Crippen molar-refractivity contribution in [3.8, 4) is 5.75 Å². The number of ether oxygens (including phenoxy) is 1. The van der Waals surface area contributed by atoms with Gasteiger partial charge in [-0.25, -0.2) is 0 Å². The summed E-state index contributed by atoms with van der Waals surface area (Å²) in [6.07, 6.45) is 0.174. The number of rotatable bonds is 5. The number of para-hydroxylation sites is 1. The van der Waals surface area contributed by atoms with Crippen LogP contribution in [-0.4, -0.2) is 23.9 Å². The highest BCUT2D eigenvalue weighted by molar-refractivity contribution is 5.39. The molecule has 0 fully saturated rings. The Hall–Kier alpha value is -1.06. The van der Waals surface area contributed by atoms with Gasteiger partial charge in [0.05, 0.1) is 12.7 Å². The summed E-state index contributed by atoms with van der Waals surface area (Å²) in [4.78, 5) is 0. The van der Waals surface area contributed by atoms with E-state index >= 15 is 0 Å². The summed E-state index contributed by atoms with van der Waals surface area (Å²) < 4.78 is 5.70. The molecule has 90 valence electrons. The molecule has 0 saturated heterocycles. The molecule has 0 bridgehead atoms. The Bertz CT molecular complexity index is 316. The second-order valence-corrected chi connectivity index (χ2v) is 4.26. The van der Waals surface area contributed by atoms with E-state index in [9.17, 15) is 5.11 Å². The normalized spacial score (nSPS) is 14.6. The average Bonchev–Trinajstić information content (AvgIpc) is 2.22. The summed E-state index contributed by atoms with van der Waals surface area (Å²) >= 11 is 0. The first-order valence-corrected chi connectivity index (χ1v) is 5.65. The van der Waals surface area contributed by atoms with E-state index in [1.165, 1.54) is 0 Å². The predicted octanol–water partition coefficient (Wildman–Crippen LogP) is 1.78. The van der Waals surface area contributed by atoms with E-state index < -0.39 is 6.10 Å². The highest BCUT2D eigenvalue weighted by atomic mass is 16.5. The van der Waals surface area contributed by atoms with Gasteiger partial charge in [-0.05, 0) is 38.3 Å². The van der Waals surface area contributed by atoms with Gasteiger partial charge in [-0.15, -0.1) is 0 Å². The number of hydrogen-bond acceptors (Lipinski definition) is 3. The molecule has 3 heteroatoms. The molecule has 0 aromatic heterocycles. The molecule has 3 N–H and O–H groups in total. The second-order valence-electron chi connectivity index (χ2n) is 4.26. The number of hydrogen-bond donors (Lipinski definition) is 2. The van der Waals surface area contributed by atoms with E-state index in [1.807, 2.05) is 32.0 Å². The first-order valence-electron chi connectivity index (χ1n) is 5.65. The molecule has 1 aromatic carbocycles. The van der Waals surface area contributed by atoms with Gasteiger partial charge in [0, 0.05) is 6.04 Å². The summed E-state index contributed by atoms with van der Waals surface area (Å²) in [6.45, 7) is 6.29. The van der Waals surface area contributed by atoms with Crippen LogP contribution in [0.25, 0.3) is 0 Å². The minimum atomic E-state index is -0.485. The maximum absolute atomic E-state index is 9.25. The van der Waals surface area contributed by atoms with Crippen molar-refractivity contribution in [3.63, 3.8) is 0 Å². The Labute approximate surface area is 97.2 Å². The molecule has 3 nitrogen and oxygen atoms in total. The van der Waals surface area contributed by atoms with Crippen LogP contribution in [0.15, 0.2) is 18.2 Å². The fourth-order valence-corrected chi connectivity index (χ4v) is 1.57. The van der Waals surface area contributed by atoms with Crippen molar-refractivity contribution in [3.05, 3.63) is 29.3 Å². The lowest BCUT2D eigenvalue weighted by Crippen LogP contribution is -2.33. The van der Waals surface area contributed by atoms with E-state index in [-0.39, 0.29) is 6.04 Å². The maximum atomic E-state index is 9.25. The molecule has 0 heterocycles. The van der Waals surface area contributed by atoms with Gasteiger partial charge >= 0.3 is 0 Å². The molecule has 2 unspecified atom stereocenters. The average molecular weight is 223 g/mol. The van der Waals surface area contributed by atoms with Gasteiger partial charge in [0.25, 0.3) is 0 Å². The number of nitrogens with two attached hydrogens (primary N) is 1. The lowest BCUT2D eigenvalue weighted by molar-refractivity contribution is 0.147. The molecule has 0 spiro atoms. The Balaban J connectivity index is 2.49. The lowest BCUT2D eigenvalue weighted by atomic mass is 10.1. The maximum Gasteiger partial charge on any atom is 0.125 e. The zero-order valence-electron chi connectivity index (χ0n) is 10.2. The van der Waals surface area contributed by atoms with Crippen molar-refractivity contribution >= 4 is 0 Å². The van der Waals surface area contributed by atoms with Gasteiger partial charge in [0.2, 0.25) is 0 Å². The number of aryl methyl sites for hydroxylation is 2. The summed E-state index contributed by atoms with van der Waals surface area (Å²) in [5.74, 6) is 0.931. The zero-order chi connectivity index (χ0) is 12.1. The van der Waals surface area contributed by atoms with Crippen molar-refractivity contribution in [2.24, 2.45) is 5.73 Å². The molecule has 0 aliphatic rings. The Morgan fingerprint density at radius 1 is 1.31 bits per heavy atom. The van der Waals surface area contributed by atoms with Crippen LogP contribution in [0.5, 0.6) is 5.75 Å². The monoisotopic (exact) mass is 223 g/mol. The summed E-state index contributed by atoms with van der Waals surface area (Å²) in [7, 11) is 0. The van der Waals surface area contributed by atoms with Crippen molar-refractivity contribution in [1.29, 1.82) is 0 Å². The Morgan fingerprint density at radius 2 is 1.88 bits per heavy atom. The Kier molecular flexibility index (Phi) is 4.77. The Morgan fingerprint density at radius 3 is 2.38 bits per heavy atom. The van der Waals surface area contributed by atoms with Gasteiger partial charge in [-0.3, -0.25) is 0 Å². The largest absolute Gasteiger partial charge is 0.493 e. The quantitative estimate of drug-likeness (QED) is 0.800. The highest BCUT2D eigenvalue weighted by Crippen LogP contribution is 2.22. The van der Waals surface area contributed by atoms with Gasteiger partial charge in [-0.2, -0.15) is 0 Å². The molecule has 0 amide bonds. The van der Waals surface area contributed by atoms with E-state index in [0.717, 1.165) is 16.9 Å². The highest BCUT2D eigenvalue weighted by Gasteiger charge is 2.10. The van der Waals surface area contributed by atoms with E-state index in [4.69, 9.17) is 10.5 Å². The number of aliphatic hydroxyl groups excluding tert-OH is 1. The van der Waals surface area contributed by atoms with Gasteiger partial charge < -0.3 is 15.6 Å². The van der Waals surface area contributed by atoms with E-state index in [0.29, 0.717) is 13.0 Å². The molecule has 0 saturated carbocycles. The van der Waals surface area contributed by atoms with Crippen LogP contribution < -0.4 is 10.5 Å². The molecule has 0 aliphatic heterocycles. The molecule has 2 atom stereocenters. The smallest absolute Gasteiger partial charge is 0.125 e. The molecule has 16 heavy (non-hydrogen) atoms. The third-order valence-electron chi connectivity index (χ3n) is 2.73. The second kappa shape index (κ2) is 5.87. The third-order valence-corrected chi connectivity index (χ3v) is 2.73. The fraction of sp³-hybridized carbons (Fsp3) is 0.538. The number of aliphatic hydroxyl groups is 1. The van der Waals surface area contributed by atoms with Gasteiger partial charge in [0.15, 0.2) is 0 Å². The molecular formula is C13H21NO2. The van der Waals surface area contributed by atoms with Crippen LogP contribution in [0.1, 0.15) is 24.5 Å². The standard InChI is InChI=1S/C13H21NO2/c1-9-5-4-6-10(2)13(9)16-8-7-12(14)11(3)15/h4-6,11-12,15H,7-8,14H2,1-3H3. The van der Waals surface area contributed by atoms with Crippen LogP contribution in [0.2, 0.25) is 0 Å². The van der Waals surface area contributed by atoms with Crippen LogP contribution in [0.3, 0.4) is 0 Å². The zero-order valence-corrected chi connectivity index (χ0v) is 10.2. The predicted molar refractivity (Wildman–Crippen MR) is 65.7 cm³/mol. The molecule has 0 radical (unpaired) electrons. The summed E-state index contributed by atoms with van der Waals surface area (Å²) in [5, 5.41) is 9.25. The van der Waals surface area contributed by atoms with Crippen molar-refractivity contribution < 1.29 is 9.84 Å². The summed E-state index contributed by atoms with van der Waals surface area (Å²) in [6, 6.07) is 5.84. The van der Waals surface area contributed by atoms with Crippen molar-refractivity contribution in [2.45, 2.75) is 39.3 Å². The number of benzene rings is 1. The molecular weight excluding hydrogens is 202 g/mol. The van der Waals surface area contributed by atoms with Gasteiger partial charge in [-0.1, -0.05) is 18.2 Å². The topological polar surface area (TPSA) is 55.5 Å². The van der Waals surface area contributed by atoms with Crippen LogP contribution in [0.4, 0.5) is 0 Å². The molecule has 1 aromatic rings. The lowest BCUT2D eigenvalue weighted by Gasteiger charge is -2.16. The minimum absolute atomic E-state index is 0.218. The van der Waals surface area contributed by atoms with Crippen LogP contribution >= 0.6 is 0 Å². The SMILES string of the molecule is Cc1cccc(C)c1OCCC(N)C(C)O. The fourth-order valence-electron chi connectivity index (χ4n) is 1.57. The first kappa shape index (κ1) is 13.0. The molecule has 1 rings (SSSR count). The van der Waals surface area contributed by atoms with E-state index in [2.05, 4.69) is 0 Å². The first-order chi connectivity index (χ1) is 7.52. The molecule has 0 aliphatic carbocycles. The van der Waals surface area contributed by atoms with E-state index in [1.54, 1.807) is 6.92 Å².